The summed E-state index contributed by atoms with van der Waals surface area (Å²) >= 11 is 0. The first-order valence-electron chi connectivity index (χ1n) is 5.48. The Morgan fingerprint density at radius 1 is 1.25 bits per heavy atom. The standard InChI is InChI=1S/C12H13N3O/c16-11-10(9-4-2-1-3-5-9)14-12(15-11)6-7-13-8-12/h1-5,13H,6-8H2,(H,15,16). The Morgan fingerprint density at radius 3 is 2.75 bits per heavy atom. The van der Waals surface area contributed by atoms with E-state index >= 15 is 0 Å². The van der Waals surface area contributed by atoms with Crippen LogP contribution in [-0.2, 0) is 4.79 Å². The van der Waals surface area contributed by atoms with Crippen molar-refractivity contribution in [3.05, 3.63) is 35.9 Å². The van der Waals surface area contributed by atoms with Crippen molar-refractivity contribution in [2.24, 2.45) is 4.99 Å². The van der Waals surface area contributed by atoms with Crippen molar-refractivity contribution >= 4 is 11.6 Å². The summed E-state index contributed by atoms with van der Waals surface area (Å²) in [5.41, 5.74) is 1.07. The lowest BCUT2D eigenvalue weighted by molar-refractivity contribution is -0.115. The summed E-state index contributed by atoms with van der Waals surface area (Å²) in [7, 11) is 0. The fourth-order valence-electron chi connectivity index (χ4n) is 2.24. The van der Waals surface area contributed by atoms with Crippen molar-refractivity contribution in [2.75, 3.05) is 13.1 Å². The number of amides is 1. The number of aliphatic imine (C=N–C) groups is 1. The van der Waals surface area contributed by atoms with Crippen LogP contribution in [0.4, 0.5) is 0 Å². The largest absolute Gasteiger partial charge is 0.325 e. The van der Waals surface area contributed by atoms with Crippen LogP contribution < -0.4 is 10.6 Å². The molecule has 16 heavy (non-hydrogen) atoms. The van der Waals surface area contributed by atoms with Crippen molar-refractivity contribution in [3.63, 3.8) is 0 Å². The predicted molar refractivity (Wildman–Crippen MR) is 61.3 cm³/mol. The maximum absolute atomic E-state index is 11.9. The smallest absolute Gasteiger partial charge is 0.272 e. The van der Waals surface area contributed by atoms with Crippen LogP contribution in [0.1, 0.15) is 12.0 Å². The van der Waals surface area contributed by atoms with Crippen LogP contribution in [0.2, 0.25) is 0 Å². The van der Waals surface area contributed by atoms with Crippen LogP contribution in [0, 0.1) is 0 Å². The number of benzene rings is 1. The van der Waals surface area contributed by atoms with E-state index in [0.29, 0.717) is 5.71 Å². The first-order chi connectivity index (χ1) is 7.79. The molecule has 1 aromatic rings. The van der Waals surface area contributed by atoms with Crippen LogP contribution in [0.25, 0.3) is 0 Å². The first-order valence-corrected chi connectivity index (χ1v) is 5.48. The van der Waals surface area contributed by atoms with E-state index in [9.17, 15) is 4.79 Å². The van der Waals surface area contributed by atoms with Crippen molar-refractivity contribution in [2.45, 2.75) is 12.1 Å². The molecule has 1 unspecified atom stereocenters. The number of hydrogen-bond acceptors (Lipinski definition) is 3. The summed E-state index contributed by atoms with van der Waals surface area (Å²) in [5.74, 6) is -0.0603. The van der Waals surface area contributed by atoms with Crippen LogP contribution in [0.5, 0.6) is 0 Å². The van der Waals surface area contributed by atoms with Gasteiger partial charge in [-0.3, -0.25) is 4.79 Å². The average Bonchev–Trinajstić information content (AvgIpc) is 2.88. The summed E-state index contributed by atoms with van der Waals surface area (Å²) in [6.07, 6.45) is 0.870. The van der Waals surface area contributed by atoms with Gasteiger partial charge in [-0.25, -0.2) is 4.99 Å². The van der Waals surface area contributed by atoms with Gasteiger partial charge in [-0.15, -0.1) is 0 Å². The van der Waals surface area contributed by atoms with Crippen LogP contribution in [-0.4, -0.2) is 30.4 Å². The van der Waals surface area contributed by atoms with Gasteiger partial charge in [0, 0.05) is 18.5 Å². The molecule has 2 N–H and O–H groups in total. The van der Waals surface area contributed by atoms with Crippen molar-refractivity contribution < 1.29 is 4.79 Å². The van der Waals surface area contributed by atoms with Gasteiger partial charge in [-0.2, -0.15) is 0 Å². The highest BCUT2D eigenvalue weighted by molar-refractivity contribution is 6.46. The van der Waals surface area contributed by atoms with Gasteiger partial charge in [0.2, 0.25) is 0 Å². The molecule has 0 aliphatic carbocycles. The van der Waals surface area contributed by atoms with Gasteiger partial charge in [0.15, 0.2) is 0 Å². The molecule has 1 atom stereocenters. The van der Waals surface area contributed by atoms with E-state index in [2.05, 4.69) is 15.6 Å². The minimum atomic E-state index is -0.387. The number of carbonyl (C=O) groups excluding carboxylic acids is 1. The molecule has 2 aliphatic rings. The lowest BCUT2D eigenvalue weighted by Crippen LogP contribution is -2.44. The maximum Gasteiger partial charge on any atom is 0.272 e. The number of nitrogens with one attached hydrogen (secondary N) is 2. The van der Waals surface area contributed by atoms with Gasteiger partial charge in [0.1, 0.15) is 11.4 Å². The topological polar surface area (TPSA) is 53.5 Å². The number of carbonyl (C=O) groups is 1. The molecule has 4 heteroatoms. The zero-order chi connectivity index (χ0) is 11.0. The summed E-state index contributed by atoms with van der Waals surface area (Å²) < 4.78 is 0. The molecule has 82 valence electrons. The minimum Gasteiger partial charge on any atom is -0.325 e. The lowest BCUT2D eigenvalue weighted by Gasteiger charge is -2.17. The third-order valence-electron chi connectivity index (χ3n) is 3.07. The molecular formula is C12H13N3O. The zero-order valence-electron chi connectivity index (χ0n) is 8.86. The monoisotopic (exact) mass is 215 g/mol. The summed E-state index contributed by atoms with van der Waals surface area (Å²) in [5, 5.41) is 6.20. The van der Waals surface area contributed by atoms with Gasteiger partial charge in [-0.05, 0) is 6.54 Å². The third-order valence-corrected chi connectivity index (χ3v) is 3.07. The van der Waals surface area contributed by atoms with Crippen LogP contribution in [0.15, 0.2) is 35.3 Å². The van der Waals surface area contributed by atoms with E-state index in [0.717, 1.165) is 25.1 Å². The molecular weight excluding hydrogens is 202 g/mol. The highest BCUT2D eigenvalue weighted by Crippen LogP contribution is 2.23. The molecule has 1 aromatic carbocycles. The number of rotatable bonds is 1. The fraction of sp³-hybridized carbons (Fsp3) is 0.333. The summed E-state index contributed by atoms with van der Waals surface area (Å²) in [4.78, 5) is 16.4. The van der Waals surface area contributed by atoms with Crippen LogP contribution in [0.3, 0.4) is 0 Å². The van der Waals surface area contributed by atoms with E-state index in [1.807, 2.05) is 30.3 Å². The highest BCUT2D eigenvalue weighted by atomic mass is 16.2. The molecule has 1 amide bonds. The molecule has 0 saturated carbocycles. The Bertz CT molecular complexity index is 447. The number of hydrogen-bond donors (Lipinski definition) is 2. The Kier molecular flexibility index (Phi) is 2.04. The minimum absolute atomic E-state index is 0.0603. The normalized spacial score (nSPS) is 28.2. The van der Waals surface area contributed by atoms with E-state index in [4.69, 9.17) is 0 Å². The molecule has 1 saturated heterocycles. The van der Waals surface area contributed by atoms with Crippen molar-refractivity contribution in [1.29, 1.82) is 0 Å². The molecule has 1 spiro atoms. The second kappa shape index (κ2) is 3.42. The van der Waals surface area contributed by atoms with Gasteiger partial charge in [-0.1, -0.05) is 30.3 Å². The molecule has 4 nitrogen and oxygen atoms in total. The van der Waals surface area contributed by atoms with E-state index in [1.54, 1.807) is 0 Å². The lowest BCUT2D eigenvalue weighted by atomic mass is 10.1. The van der Waals surface area contributed by atoms with Gasteiger partial charge >= 0.3 is 0 Å². The third kappa shape index (κ3) is 1.42. The Hall–Kier alpha value is -1.68. The molecule has 2 aliphatic heterocycles. The Morgan fingerprint density at radius 2 is 2.06 bits per heavy atom. The zero-order valence-corrected chi connectivity index (χ0v) is 8.86. The SMILES string of the molecule is O=C1NC2(CCNC2)N=C1c1ccccc1. The summed E-state index contributed by atoms with van der Waals surface area (Å²) in [6.45, 7) is 1.64. The van der Waals surface area contributed by atoms with Crippen molar-refractivity contribution in [3.8, 4) is 0 Å². The summed E-state index contributed by atoms with van der Waals surface area (Å²) in [6, 6.07) is 9.61. The van der Waals surface area contributed by atoms with E-state index in [-0.39, 0.29) is 11.6 Å². The molecule has 2 heterocycles. The van der Waals surface area contributed by atoms with Gasteiger partial charge < -0.3 is 10.6 Å². The molecule has 0 aromatic heterocycles. The fourth-order valence-corrected chi connectivity index (χ4v) is 2.24. The first kappa shape index (κ1) is 9.54. The molecule has 1 fully saturated rings. The molecule has 0 bridgehead atoms. The average molecular weight is 215 g/mol. The van der Waals surface area contributed by atoms with Crippen molar-refractivity contribution in [1.82, 2.24) is 10.6 Å². The Balaban J connectivity index is 1.99. The predicted octanol–water partition coefficient (Wildman–Crippen LogP) is 0.295. The molecule has 3 rings (SSSR count). The second-order valence-electron chi connectivity index (χ2n) is 4.24. The van der Waals surface area contributed by atoms with E-state index in [1.165, 1.54) is 0 Å². The maximum atomic E-state index is 11.9. The van der Waals surface area contributed by atoms with Gasteiger partial charge in [0.05, 0.1) is 0 Å². The highest BCUT2D eigenvalue weighted by Gasteiger charge is 2.41. The molecule has 0 radical (unpaired) electrons. The number of nitrogens with zero attached hydrogens (tertiary/aromatic N) is 1. The van der Waals surface area contributed by atoms with E-state index < -0.39 is 0 Å². The van der Waals surface area contributed by atoms with Gasteiger partial charge in [0.25, 0.3) is 5.91 Å². The Labute approximate surface area is 93.8 Å². The second-order valence-corrected chi connectivity index (χ2v) is 4.24. The van der Waals surface area contributed by atoms with Crippen LogP contribution >= 0.6 is 0 Å². The quantitative estimate of drug-likeness (QED) is 0.707.